The molecule has 0 aromatic carbocycles. The lowest BCUT2D eigenvalue weighted by atomic mass is 10.2. The van der Waals surface area contributed by atoms with Crippen molar-refractivity contribution in [2.45, 2.75) is 32.7 Å². The van der Waals surface area contributed by atoms with Crippen LogP contribution in [0.4, 0.5) is 4.79 Å². The molecule has 0 bridgehead atoms. The first-order chi connectivity index (χ1) is 6.75. The normalized spacial score (nSPS) is 22.1. The van der Waals surface area contributed by atoms with E-state index in [1.54, 1.807) is 4.90 Å². The molecule has 0 radical (unpaired) electrons. The number of piperazine rings is 1. The van der Waals surface area contributed by atoms with Crippen LogP contribution in [0.2, 0.25) is 0 Å². The molecule has 1 rings (SSSR count). The standard InChI is InChI=1S/C10H20N2O2/c1-3-4-7-14-10(13)12-6-5-11-8-9(12)2/h9,11H,3-8H2,1-2H3/t9-/m0/s1. The molecule has 0 aromatic heterocycles. The second kappa shape index (κ2) is 5.86. The fraction of sp³-hybridized carbons (Fsp3) is 0.900. The summed E-state index contributed by atoms with van der Waals surface area (Å²) in [5.74, 6) is 0. The van der Waals surface area contributed by atoms with Gasteiger partial charge in [-0.1, -0.05) is 13.3 Å². The van der Waals surface area contributed by atoms with Gasteiger partial charge in [0.2, 0.25) is 0 Å². The monoisotopic (exact) mass is 200 g/mol. The number of nitrogens with one attached hydrogen (secondary N) is 1. The van der Waals surface area contributed by atoms with Crippen molar-refractivity contribution >= 4 is 6.09 Å². The summed E-state index contributed by atoms with van der Waals surface area (Å²) in [4.78, 5) is 13.4. The maximum absolute atomic E-state index is 11.6. The Kier molecular flexibility index (Phi) is 4.73. The largest absolute Gasteiger partial charge is 0.449 e. The molecular weight excluding hydrogens is 180 g/mol. The number of unbranched alkanes of at least 4 members (excludes halogenated alkanes) is 1. The van der Waals surface area contributed by atoms with E-state index in [9.17, 15) is 4.79 Å². The van der Waals surface area contributed by atoms with Crippen molar-refractivity contribution in [1.29, 1.82) is 0 Å². The number of ether oxygens (including phenoxy) is 1. The summed E-state index contributed by atoms with van der Waals surface area (Å²) in [6, 6.07) is 0.248. The zero-order chi connectivity index (χ0) is 10.4. The van der Waals surface area contributed by atoms with Gasteiger partial charge in [0.25, 0.3) is 0 Å². The first kappa shape index (κ1) is 11.3. The summed E-state index contributed by atoms with van der Waals surface area (Å²) in [7, 11) is 0. The van der Waals surface area contributed by atoms with E-state index in [0.29, 0.717) is 6.61 Å². The molecular formula is C10H20N2O2. The first-order valence-corrected chi connectivity index (χ1v) is 5.39. The SMILES string of the molecule is CCCCOC(=O)N1CCNC[C@@H]1C. The highest BCUT2D eigenvalue weighted by Gasteiger charge is 2.23. The molecule has 1 heterocycles. The van der Waals surface area contributed by atoms with Crippen LogP contribution >= 0.6 is 0 Å². The molecule has 1 saturated heterocycles. The summed E-state index contributed by atoms with van der Waals surface area (Å²) < 4.78 is 5.15. The van der Waals surface area contributed by atoms with Gasteiger partial charge in [-0.15, -0.1) is 0 Å². The van der Waals surface area contributed by atoms with Crippen molar-refractivity contribution in [3.05, 3.63) is 0 Å². The van der Waals surface area contributed by atoms with Gasteiger partial charge in [0.1, 0.15) is 0 Å². The van der Waals surface area contributed by atoms with E-state index in [2.05, 4.69) is 12.2 Å². The first-order valence-electron chi connectivity index (χ1n) is 5.39. The number of carbonyl (C=O) groups excluding carboxylic acids is 1. The molecule has 0 saturated carbocycles. The van der Waals surface area contributed by atoms with Gasteiger partial charge in [-0.25, -0.2) is 4.79 Å². The van der Waals surface area contributed by atoms with E-state index in [1.807, 2.05) is 6.92 Å². The van der Waals surface area contributed by atoms with Gasteiger partial charge in [-0.2, -0.15) is 0 Å². The third kappa shape index (κ3) is 3.18. The van der Waals surface area contributed by atoms with Crippen LogP contribution in [0.3, 0.4) is 0 Å². The zero-order valence-corrected chi connectivity index (χ0v) is 9.08. The van der Waals surface area contributed by atoms with E-state index >= 15 is 0 Å². The number of amides is 1. The second-order valence-corrected chi connectivity index (χ2v) is 3.71. The molecule has 0 unspecified atom stereocenters. The van der Waals surface area contributed by atoms with Gasteiger partial charge in [-0.05, 0) is 13.3 Å². The fourth-order valence-corrected chi connectivity index (χ4v) is 1.50. The molecule has 82 valence electrons. The Hall–Kier alpha value is -0.770. The van der Waals surface area contributed by atoms with Crippen LogP contribution in [0, 0.1) is 0 Å². The summed E-state index contributed by atoms with van der Waals surface area (Å²) >= 11 is 0. The van der Waals surface area contributed by atoms with Gasteiger partial charge in [0.05, 0.1) is 6.61 Å². The van der Waals surface area contributed by atoms with Gasteiger partial charge in [-0.3, -0.25) is 0 Å². The second-order valence-electron chi connectivity index (χ2n) is 3.71. The molecule has 0 spiro atoms. The maximum Gasteiger partial charge on any atom is 0.410 e. The van der Waals surface area contributed by atoms with Crippen LogP contribution in [0.1, 0.15) is 26.7 Å². The van der Waals surface area contributed by atoms with Crippen LogP contribution < -0.4 is 5.32 Å². The molecule has 0 aliphatic carbocycles. The Morgan fingerprint density at radius 3 is 3.07 bits per heavy atom. The maximum atomic E-state index is 11.6. The molecule has 1 amide bonds. The third-order valence-electron chi connectivity index (χ3n) is 2.46. The van der Waals surface area contributed by atoms with Gasteiger partial charge in [0, 0.05) is 25.7 Å². The Bertz CT molecular complexity index is 185. The minimum absolute atomic E-state index is 0.160. The van der Waals surface area contributed by atoms with E-state index in [4.69, 9.17) is 4.74 Å². The minimum atomic E-state index is -0.160. The van der Waals surface area contributed by atoms with Crippen LogP contribution in [0.5, 0.6) is 0 Å². The lowest BCUT2D eigenvalue weighted by molar-refractivity contribution is 0.0803. The van der Waals surface area contributed by atoms with Gasteiger partial charge in [0.15, 0.2) is 0 Å². The molecule has 4 heteroatoms. The van der Waals surface area contributed by atoms with Crippen molar-refractivity contribution in [1.82, 2.24) is 10.2 Å². The smallest absolute Gasteiger partial charge is 0.410 e. The Balaban J connectivity index is 2.27. The van der Waals surface area contributed by atoms with Crippen molar-refractivity contribution in [3.63, 3.8) is 0 Å². The Morgan fingerprint density at radius 2 is 2.43 bits per heavy atom. The van der Waals surface area contributed by atoms with Crippen molar-refractivity contribution in [2.75, 3.05) is 26.2 Å². The van der Waals surface area contributed by atoms with E-state index in [0.717, 1.165) is 32.5 Å². The third-order valence-corrected chi connectivity index (χ3v) is 2.46. The van der Waals surface area contributed by atoms with Crippen LogP contribution in [0.25, 0.3) is 0 Å². The van der Waals surface area contributed by atoms with Crippen LogP contribution in [-0.2, 0) is 4.74 Å². The fourth-order valence-electron chi connectivity index (χ4n) is 1.50. The van der Waals surface area contributed by atoms with E-state index in [-0.39, 0.29) is 12.1 Å². The zero-order valence-electron chi connectivity index (χ0n) is 9.08. The predicted octanol–water partition coefficient (Wildman–Crippen LogP) is 1.22. The number of nitrogens with zero attached hydrogens (tertiary/aromatic N) is 1. The minimum Gasteiger partial charge on any atom is -0.449 e. The Morgan fingerprint density at radius 1 is 1.64 bits per heavy atom. The molecule has 0 aromatic rings. The average molecular weight is 200 g/mol. The Labute approximate surface area is 85.6 Å². The topological polar surface area (TPSA) is 41.6 Å². The van der Waals surface area contributed by atoms with Crippen LogP contribution in [0.15, 0.2) is 0 Å². The molecule has 1 N–H and O–H groups in total. The molecule has 1 fully saturated rings. The lowest BCUT2D eigenvalue weighted by Crippen LogP contribution is -2.52. The number of carbonyl (C=O) groups is 1. The highest BCUT2D eigenvalue weighted by atomic mass is 16.6. The molecule has 4 nitrogen and oxygen atoms in total. The van der Waals surface area contributed by atoms with Crippen molar-refractivity contribution < 1.29 is 9.53 Å². The number of rotatable bonds is 3. The molecule has 1 aliphatic heterocycles. The molecule has 14 heavy (non-hydrogen) atoms. The quantitative estimate of drug-likeness (QED) is 0.696. The highest BCUT2D eigenvalue weighted by Crippen LogP contribution is 2.05. The molecule has 1 atom stereocenters. The van der Waals surface area contributed by atoms with E-state index in [1.165, 1.54) is 0 Å². The number of hydrogen-bond acceptors (Lipinski definition) is 3. The summed E-state index contributed by atoms with van der Waals surface area (Å²) in [5.41, 5.74) is 0. The van der Waals surface area contributed by atoms with Crippen molar-refractivity contribution in [3.8, 4) is 0 Å². The summed E-state index contributed by atoms with van der Waals surface area (Å²) in [6.45, 7) is 7.16. The number of hydrogen-bond donors (Lipinski definition) is 1. The predicted molar refractivity (Wildman–Crippen MR) is 55.3 cm³/mol. The summed E-state index contributed by atoms with van der Waals surface area (Å²) in [5, 5.41) is 3.24. The summed E-state index contributed by atoms with van der Waals surface area (Å²) in [6.07, 6.45) is 1.85. The van der Waals surface area contributed by atoms with Gasteiger partial charge >= 0.3 is 6.09 Å². The lowest BCUT2D eigenvalue weighted by Gasteiger charge is -2.32. The highest BCUT2D eigenvalue weighted by molar-refractivity contribution is 5.68. The van der Waals surface area contributed by atoms with Gasteiger partial charge < -0.3 is 15.0 Å². The van der Waals surface area contributed by atoms with E-state index < -0.39 is 0 Å². The molecule has 1 aliphatic rings. The average Bonchev–Trinajstić information content (AvgIpc) is 2.18. The van der Waals surface area contributed by atoms with Crippen molar-refractivity contribution in [2.24, 2.45) is 0 Å². The van der Waals surface area contributed by atoms with Crippen LogP contribution in [-0.4, -0.2) is 43.3 Å².